The van der Waals surface area contributed by atoms with Crippen molar-refractivity contribution >= 4 is 58.5 Å². The summed E-state index contributed by atoms with van der Waals surface area (Å²) in [4.78, 5) is 26.9. The Kier molecular flexibility index (Phi) is 7.61. The van der Waals surface area contributed by atoms with Crippen molar-refractivity contribution in [3.8, 4) is 0 Å². The fourth-order valence-electron chi connectivity index (χ4n) is 3.05. The van der Waals surface area contributed by atoms with E-state index in [-0.39, 0.29) is 23.3 Å². The van der Waals surface area contributed by atoms with Crippen LogP contribution in [0.3, 0.4) is 0 Å². The lowest BCUT2D eigenvalue weighted by atomic mass is 10.2. The molecular formula is C24H22N2O2S3. The summed E-state index contributed by atoms with van der Waals surface area (Å²) in [5.41, 5.74) is 4.09. The fraction of sp³-hybridized carbons (Fsp3) is 0.167. The van der Waals surface area contributed by atoms with Crippen molar-refractivity contribution in [2.75, 3.05) is 22.1 Å². The van der Waals surface area contributed by atoms with Gasteiger partial charge in [-0.1, -0.05) is 48.5 Å². The average molecular weight is 467 g/mol. The van der Waals surface area contributed by atoms with Gasteiger partial charge in [0.1, 0.15) is 0 Å². The van der Waals surface area contributed by atoms with E-state index in [9.17, 15) is 9.59 Å². The Morgan fingerprint density at radius 2 is 0.968 bits per heavy atom. The molecule has 158 valence electrons. The molecule has 4 nitrogen and oxygen atoms in total. The molecule has 0 fully saturated rings. The Bertz CT molecular complexity index is 986. The Hall–Kier alpha value is -2.35. The largest absolute Gasteiger partial charge is 0.324 e. The van der Waals surface area contributed by atoms with Crippen molar-refractivity contribution in [3.05, 3.63) is 83.9 Å². The SMILES string of the molecule is O=C1CSCC(=O)Nc2ccccc2SCc2ccc(cc2)CSc2ccccc2N1. The third-order valence-corrected chi connectivity index (χ3v) is 7.82. The van der Waals surface area contributed by atoms with Crippen LogP contribution in [0.25, 0.3) is 0 Å². The Morgan fingerprint density at radius 1 is 0.548 bits per heavy atom. The highest BCUT2D eigenvalue weighted by Crippen LogP contribution is 2.32. The molecule has 3 aromatic rings. The maximum atomic E-state index is 12.4. The molecule has 2 heterocycles. The molecule has 0 aromatic heterocycles. The van der Waals surface area contributed by atoms with Gasteiger partial charge in [-0.15, -0.1) is 35.3 Å². The first-order valence-electron chi connectivity index (χ1n) is 9.86. The summed E-state index contributed by atoms with van der Waals surface area (Å²) in [6.45, 7) is 0. The van der Waals surface area contributed by atoms with Crippen molar-refractivity contribution in [2.24, 2.45) is 0 Å². The molecule has 2 aliphatic rings. The number of fused-ring (bicyclic) bond motifs is 10. The standard InChI is InChI=1S/C24H22N2O2S3/c27-23-15-29-16-24(28)26-20-6-2-4-8-22(20)31-14-18-11-9-17(10-12-18)13-30-21-7-3-1-5-19(21)25-23/h1-12H,13-16H2,(H,25,27)(H,26,28). The van der Waals surface area contributed by atoms with E-state index in [1.807, 2.05) is 48.5 Å². The zero-order chi connectivity index (χ0) is 21.5. The Labute approximate surface area is 195 Å². The van der Waals surface area contributed by atoms with E-state index in [1.54, 1.807) is 23.5 Å². The molecule has 2 amide bonds. The quantitative estimate of drug-likeness (QED) is 0.432. The molecule has 7 heteroatoms. The number of rotatable bonds is 0. The molecule has 3 aromatic carbocycles. The van der Waals surface area contributed by atoms with Gasteiger partial charge < -0.3 is 10.6 Å². The van der Waals surface area contributed by atoms with Crippen molar-refractivity contribution in [2.45, 2.75) is 21.3 Å². The highest BCUT2D eigenvalue weighted by atomic mass is 32.2. The molecule has 2 N–H and O–H groups in total. The second-order valence-electron chi connectivity index (χ2n) is 6.98. The van der Waals surface area contributed by atoms with Gasteiger partial charge >= 0.3 is 0 Å². The summed E-state index contributed by atoms with van der Waals surface area (Å²) < 4.78 is 0. The van der Waals surface area contributed by atoms with Gasteiger partial charge in [0.15, 0.2) is 0 Å². The highest BCUT2D eigenvalue weighted by molar-refractivity contribution is 8.00. The lowest BCUT2D eigenvalue weighted by Gasteiger charge is -2.11. The first-order chi connectivity index (χ1) is 15.2. The van der Waals surface area contributed by atoms with Gasteiger partial charge in [-0.05, 0) is 35.4 Å². The predicted octanol–water partition coefficient (Wildman–Crippen LogP) is 5.90. The third-order valence-electron chi connectivity index (χ3n) is 4.60. The van der Waals surface area contributed by atoms with Crippen LogP contribution in [0.2, 0.25) is 0 Å². The minimum Gasteiger partial charge on any atom is -0.324 e. The minimum absolute atomic E-state index is 0.107. The molecule has 0 saturated heterocycles. The first-order valence-corrected chi connectivity index (χ1v) is 13.0. The van der Waals surface area contributed by atoms with Gasteiger partial charge in [-0.2, -0.15) is 0 Å². The molecule has 5 rings (SSSR count). The van der Waals surface area contributed by atoms with Crippen molar-refractivity contribution in [3.63, 3.8) is 0 Å². The molecule has 0 atom stereocenters. The molecule has 0 saturated carbocycles. The fourth-order valence-corrected chi connectivity index (χ4v) is 5.60. The monoisotopic (exact) mass is 466 g/mol. The van der Waals surface area contributed by atoms with Crippen LogP contribution in [-0.2, 0) is 21.1 Å². The molecule has 0 spiro atoms. The number of thioether (sulfide) groups is 3. The van der Waals surface area contributed by atoms with Gasteiger partial charge in [0.2, 0.25) is 11.8 Å². The average Bonchev–Trinajstić information content (AvgIpc) is 2.78. The van der Waals surface area contributed by atoms with Crippen LogP contribution in [0.5, 0.6) is 0 Å². The normalized spacial score (nSPS) is 15.5. The van der Waals surface area contributed by atoms with Gasteiger partial charge in [0.05, 0.1) is 22.9 Å². The van der Waals surface area contributed by atoms with E-state index >= 15 is 0 Å². The molecule has 2 bridgehead atoms. The number of nitrogens with one attached hydrogen (secondary N) is 2. The number of carbonyl (C=O) groups excluding carboxylic acids is 2. The summed E-state index contributed by atoms with van der Waals surface area (Å²) in [5.74, 6) is 1.90. The number of para-hydroxylation sites is 2. The minimum atomic E-state index is -0.107. The number of benzene rings is 3. The molecule has 31 heavy (non-hydrogen) atoms. The molecular weight excluding hydrogens is 444 g/mol. The van der Waals surface area contributed by atoms with Gasteiger partial charge in [-0.3, -0.25) is 9.59 Å². The molecule has 0 unspecified atom stereocenters. The Morgan fingerprint density at radius 3 is 1.42 bits per heavy atom. The van der Waals surface area contributed by atoms with Gasteiger partial charge in [0.25, 0.3) is 0 Å². The van der Waals surface area contributed by atoms with Crippen LogP contribution in [-0.4, -0.2) is 23.3 Å². The maximum absolute atomic E-state index is 12.4. The summed E-state index contributed by atoms with van der Waals surface area (Å²) in [5, 5.41) is 5.97. The van der Waals surface area contributed by atoms with Crippen molar-refractivity contribution < 1.29 is 9.59 Å². The van der Waals surface area contributed by atoms with Crippen LogP contribution >= 0.6 is 35.3 Å². The number of amides is 2. The number of hydrogen-bond donors (Lipinski definition) is 2. The number of anilines is 2. The van der Waals surface area contributed by atoms with Gasteiger partial charge in [0, 0.05) is 21.3 Å². The van der Waals surface area contributed by atoms with E-state index in [2.05, 4.69) is 34.9 Å². The first kappa shape index (κ1) is 21.9. The lowest BCUT2D eigenvalue weighted by molar-refractivity contribution is -0.114. The van der Waals surface area contributed by atoms with Crippen LogP contribution in [0.1, 0.15) is 11.1 Å². The summed E-state index contributed by atoms with van der Waals surface area (Å²) in [6.07, 6.45) is 0. The molecule has 2 aliphatic heterocycles. The second kappa shape index (κ2) is 10.8. The zero-order valence-electron chi connectivity index (χ0n) is 16.8. The maximum Gasteiger partial charge on any atom is 0.234 e. The van der Waals surface area contributed by atoms with E-state index in [1.165, 1.54) is 22.9 Å². The summed E-state index contributed by atoms with van der Waals surface area (Å²) in [6, 6.07) is 24.3. The third kappa shape index (κ3) is 6.32. The second-order valence-corrected chi connectivity index (χ2v) is 10.00. The number of hydrogen-bond acceptors (Lipinski definition) is 5. The van der Waals surface area contributed by atoms with Gasteiger partial charge in [-0.25, -0.2) is 0 Å². The predicted molar refractivity (Wildman–Crippen MR) is 133 cm³/mol. The van der Waals surface area contributed by atoms with Crippen LogP contribution in [0.15, 0.2) is 82.6 Å². The zero-order valence-corrected chi connectivity index (χ0v) is 19.2. The topological polar surface area (TPSA) is 58.2 Å². The highest BCUT2D eigenvalue weighted by Gasteiger charge is 2.12. The lowest BCUT2D eigenvalue weighted by Crippen LogP contribution is -2.19. The van der Waals surface area contributed by atoms with E-state index < -0.39 is 0 Å². The smallest absolute Gasteiger partial charge is 0.234 e. The summed E-state index contributed by atoms with van der Waals surface area (Å²) >= 11 is 4.72. The molecule has 0 radical (unpaired) electrons. The number of carbonyl (C=O) groups is 2. The summed E-state index contributed by atoms with van der Waals surface area (Å²) in [7, 11) is 0. The van der Waals surface area contributed by atoms with E-state index in [4.69, 9.17) is 0 Å². The van der Waals surface area contributed by atoms with E-state index in [0.717, 1.165) is 32.7 Å². The van der Waals surface area contributed by atoms with E-state index in [0.29, 0.717) is 0 Å². The van der Waals surface area contributed by atoms with Crippen molar-refractivity contribution in [1.29, 1.82) is 0 Å². The molecule has 0 aliphatic carbocycles. The van der Waals surface area contributed by atoms with Crippen molar-refractivity contribution in [1.82, 2.24) is 0 Å². The Balaban J connectivity index is 1.56. The van der Waals surface area contributed by atoms with Crippen LogP contribution < -0.4 is 10.6 Å². The van der Waals surface area contributed by atoms with Crippen LogP contribution in [0.4, 0.5) is 11.4 Å². The van der Waals surface area contributed by atoms with Crippen LogP contribution in [0, 0.1) is 0 Å².